The summed E-state index contributed by atoms with van der Waals surface area (Å²) in [6, 6.07) is 5.10. The van der Waals surface area contributed by atoms with Crippen LogP contribution in [0.3, 0.4) is 0 Å². The van der Waals surface area contributed by atoms with Crippen LogP contribution in [0, 0.1) is 6.92 Å². The quantitative estimate of drug-likeness (QED) is 0.778. The maximum Gasteiger partial charge on any atom is 0.419 e. The number of oxazole rings is 1. The number of hydrogen-bond acceptors (Lipinski definition) is 4. The molecule has 0 unspecified atom stereocenters. The molecule has 0 saturated carbocycles. The fourth-order valence-electron chi connectivity index (χ4n) is 3.25. The first-order chi connectivity index (χ1) is 11.5. The summed E-state index contributed by atoms with van der Waals surface area (Å²) in [5.41, 5.74) is 2.71. The zero-order valence-electron chi connectivity index (χ0n) is 13.6. The Balaban J connectivity index is 1.58. The SMILES string of the molecule is Cc1cnc([C@@H]2CCN(C(=O)c3ccc4oc(=O)n(C)c4c3)C2)[nH]1. The standard InChI is InChI=1S/C17H18N4O3/c1-10-8-18-15(19-10)12-5-6-21(9-12)16(22)11-3-4-14-13(7-11)20(2)17(23)24-14/h3-4,7-8,12H,5-6,9H2,1-2H3,(H,18,19)/t12-/m1/s1. The number of nitrogens with zero attached hydrogens (tertiary/aromatic N) is 3. The molecule has 0 bridgehead atoms. The summed E-state index contributed by atoms with van der Waals surface area (Å²) >= 11 is 0. The van der Waals surface area contributed by atoms with Gasteiger partial charge in [0.1, 0.15) is 5.82 Å². The van der Waals surface area contributed by atoms with Gasteiger partial charge in [-0.3, -0.25) is 9.36 Å². The van der Waals surface area contributed by atoms with Crippen molar-refractivity contribution >= 4 is 17.0 Å². The molecular weight excluding hydrogens is 308 g/mol. The summed E-state index contributed by atoms with van der Waals surface area (Å²) in [5, 5.41) is 0. The summed E-state index contributed by atoms with van der Waals surface area (Å²) in [4.78, 5) is 33.8. The van der Waals surface area contributed by atoms with Crippen molar-refractivity contribution in [2.45, 2.75) is 19.3 Å². The van der Waals surface area contributed by atoms with E-state index in [4.69, 9.17) is 4.42 Å². The number of carbonyl (C=O) groups excluding carboxylic acids is 1. The fourth-order valence-corrected chi connectivity index (χ4v) is 3.25. The summed E-state index contributed by atoms with van der Waals surface area (Å²) < 4.78 is 6.51. The molecule has 1 N–H and O–H groups in total. The van der Waals surface area contributed by atoms with E-state index in [1.807, 2.05) is 18.0 Å². The van der Waals surface area contributed by atoms with Crippen molar-refractivity contribution < 1.29 is 9.21 Å². The molecular formula is C17H18N4O3. The Morgan fingerprint density at radius 1 is 1.42 bits per heavy atom. The number of hydrogen-bond donors (Lipinski definition) is 1. The van der Waals surface area contributed by atoms with Gasteiger partial charge < -0.3 is 14.3 Å². The number of fused-ring (bicyclic) bond motifs is 1. The average molecular weight is 326 g/mol. The molecule has 3 heterocycles. The lowest BCUT2D eigenvalue weighted by molar-refractivity contribution is 0.0790. The molecule has 3 aromatic rings. The van der Waals surface area contributed by atoms with Crippen molar-refractivity contribution in [3.05, 3.63) is 52.0 Å². The minimum absolute atomic E-state index is 0.0312. The van der Waals surface area contributed by atoms with Crippen LogP contribution in [0.25, 0.3) is 11.1 Å². The van der Waals surface area contributed by atoms with Crippen LogP contribution in [0.15, 0.2) is 33.6 Å². The number of rotatable bonds is 2. The van der Waals surface area contributed by atoms with Gasteiger partial charge in [0.2, 0.25) is 0 Å². The van der Waals surface area contributed by atoms with Crippen LogP contribution in [0.5, 0.6) is 0 Å². The normalized spacial score (nSPS) is 17.8. The average Bonchev–Trinajstić information content (AvgIpc) is 3.27. The number of aryl methyl sites for hydroxylation is 2. The van der Waals surface area contributed by atoms with Gasteiger partial charge in [0.05, 0.1) is 5.52 Å². The third-order valence-corrected chi connectivity index (χ3v) is 4.62. The highest BCUT2D eigenvalue weighted by Gasteiger charge is 2.29. The van der Waals surface area contributed by atoms with E-state index in [0.29, 0.717) is 29.8 Å². The van der Waals surface area contributed by atoms with E-state index >= 15 is 0 Å². The summed E-state index contributed by atoms with van der Waals surface area (Å²) in [5.74, 6) is 0.723. The zero-order valence-corrected chi connectivity index (χ0v) is 13.6. The molecule has 1 aliphatic rings. The van der Waals surface area contributed by atoms with Gasteiger partial charge in [-0.1, -0.05) is 0 Å². The van der Waals surface area contributed by atoms with E-state index in [9.17, 15) is 9.59 Å². The minimum atomic E-state index is -0.427. The van der Waals surface area contributed by atoms with Crippen LogP contribution < -0.4 is 5.76 Å². The second kappa shape index (κ2) is 5.36. The fraction of sp³-hybridized carbons (Fsp3) is 0.353. The molecule has 0 aliphatic carbocycles. The number of aromatic nitrogens is 3. The van der Waals surface area contributed by atoms with E-state index in [1.165, 1.54) is 4.57 Å². The molecule has 24 heavy (non-hydrogen) atoms. The van der Waals surface area contributed by atoms with Gasteiger partial charge in [0, 0.05) is 43.5 Å². The molecule has 1 aliphatic heterocycles. The van der Waals surface area contributed by atoms with Crippen LogP contribution in [0.2, 0.25) is 0 Å². The molecule has 7 heteroatoms. The first-order valence-electron chi connectivity index (χ1n) is 7.93. The second-order valence-corrected chi connectivity index (χ2v) is 6.30. The number of H-pyrrole nitrogens is 1. The Kier molecular flexibility index (Phi) is 3.30. The molecule has 7 nitrogen and oxygen atoms in total. The third kappa shape index (κ3) is 2.33. The first-order valence-corrected chi connectivity index (χ1v) is 7.93. The van der Waals surface area contributed by atoms with Crippen LogP contribution in [-0.4, -0.2) is 38.4 Å². The summed E-state index contributed by atoms with van der Waals surface area (Å²) in [6.07, 6.45) is 2.71. The highest BCUT2D eigenvalue weighted by atomic mass is 16.4. The van der Waals surface area contributed by atoms with E-state index in [2.05, 4.69) is 9.97 Å². The van der Waals surface area contributed by atoms with Crippen molar-refractivity contribution in [3.63, 3.8) is 0 Å². The van der Waals surface area contributed by atoms with Gasteiger partial charge in [-0.05, 0) is 31.5 Å². The van der Waals surface area contributed by atoms with Crippen molar-refractivity contribution in [1.82, 2.24) is 19.4 Å². The number of aromatic amines is 1. The van der Waals surface area contributed by atoms with Crippen LogP contribution in [0.1, 0.15) is 34.2 Å². The predicted molar refractivity (Wildman–Crippen MR) is 88.0 cm³/mol. The number of likely N-dealkylation sites (tertiary alicyclic amines) is 1. The van der Waals surface area contributed by atoms with E-state index in [-0.39, 0.29) is 11.8 Å². The maximum atomic E-state index is 12.8. The first kappa shape index (κ1) is 14.7. The Hall–Kier alpha value is -2.83. The van der Waals surface area contributed by atoms with Crippen molar-refractivity contribution in [2.24, 2.45) is 7.05 Å². The lowest BCUT2D eigenvalue weighted by atomic mass is 10.1. The number of imidazole rings is 1. The van der Waals surface area contributed by atoms with E-state index < -0.39 is 5.76 Å². The van der Waals surface area contributed by atoms with Crippen LogP contribution in [-0.2, 0) is 7.05 Å². The summed E-state index contributed by atoms with van der Waals surface area (Å²) in [6.45, 7) is 3.32. The molecule has 0 radical (unpaired) electrons. The Morgan fingerprint density at radius 3 is 3.00 bits per heavy atom. The van der Waals surface area contributed by atoms with E-state index in [1.54, 1.807) is 25.2 Å². The van der Waals surface area contributed by atoms with Gasteiger partial charge in [-0.15, -0.1) is 0 Å². The van der Waals surface area contributed by atoms with Crippen molar-refractivity contribution in [3.8, 4) is 0 Å². The van der Waals surface area contributed by atoms with Gasteiger partial charge in [0.15, 0.2) is 5.58 Å². The number of amides is 1. The van der Waals surface area contributed by atoms with Gasteiger partial charge in [0.25, 0.3) is 5.91 Å². The molecule has 124 valence electrons. The highest BCUT2D eigenvalue weighted by molar-refractivity contribution is 5.97. The molecule has 1 atom stereocenters. The number of benzene rings is 1. The topological polar surface area (TPSA) is 84.1 Å². The molecule has 1 saturated heterocycles. The lowest BCUT2D eigenvalue weighted by Gasteiger charge is -2.16. The summed E-state index contributed by atoms with van der Waals surface area (Å²) in [7, 11) is 1.63. The largest absolute Gasteiger partial charge is 0.419 e. The van der Waals surface area contributed by atoms with Crippen molar-refractivity contribution in [1.29, 1.82) is 0 Å². The Labute approximate surface area is 137 Å². The lowest BCUT2D eigenvalue weighted by Crippen LogP contribution is -2.28. The minimum Gasteiger partial charge on any atom is -0.408 e. The van der Waals surface area contributed by atoms with E-state index in [0.717, 1.165) is 17.9 Å². The highest BCUT2D eigenvalue weighted by Crippen LogP contribution is 2.26. The zero-order chi connectivity index (χ0) is 16.8. The molecule has 4 rings (SSSR count). The Bertz CT molecular complexity index is 981. The van der Waals surface area contributed by atoms with Gasteiger partial charge >= 0.3 is 5.76 Å². The number of carbonyl (C=O) groups is 1. The second-order valence-electron chi connectivity index (χ2n) is 6.30. The molecule has 2 aromatic heterocycles. The van der Waals surface area contributed by atoms with Gasteiger partial charge in [-0.25, -0.2) is 9.78 Å². The monoisotopic (exact) mass is 326 g/mol. The molecule has 1 fully saturated rings. The van der Waals surface area contributed by atoms with Gasteiger partial charge in [-0.2, -0.15) is 0 Å². The van der Waals surface area contributed by atoms with Crippen LogP contribution >= 0.6 is 0 Å². The predicted octanol–water partition coefficient (Wildman–Crippen LogP) is 1.79. The Morgan fingerprint density at radius 2 is 2.25 bits per heavy atom. The number of nitrogens with one attached hydrogen (secondary N) is 1. The van der Waals surface area contributed by atoms with Crippen molar-refractivity contribution in [2.75, 3.05) is 13.1 Å². The van der Waals surface area contributed by atoms with Crippen LogP contribution in [0.4, 0.5) is 0 Å². The molecule has 1 amide bonds. The molecule has 1 aromatic carbocycles. The maximum absolute atomic E-state index is 12.8. The smallest absolute Gasteiger partial charge is 0.408 e. The molecule has 0 spiro atoms. The third-order valence-electron chi connectivity index (χ3n) is 4.62.